The molecule has 1 fully saturated rings. The van der Waals surface area contributed by atoms with Crippen molar-refractivity contribution in [1.82, 2.24) is 19.9 Å². The van der Waals surface area contributed by atoms with Crippen LogP contribution in [0.5, 0.6) is 0 Å². The Kier molecular flexibility index (Phi) is 5.66. The second kappa shape index (κ2) is 8.40. The Bertz CT molecular complexity index is 1120. The number of hydrogen-bond acceptors (Lipinski definition) is 7. The van der Waals surface area contributed by atoms with Gasteiger partial charge in [0.1, 0.15) is 12.4 Å². The Hall–Kier alpha value is -3.37. The second-order valence-electron chi connectivity index (χ2n) is 8.76. The molecule has 2 atom stereocenters. The maximum absolute atomic E-state index is 10.0. The van der Waals surface area contributed by atoms with Gasteiger partial charge < -0.3 is 10.4 Å². The molecule has 2 heterocycles. The first-order valence-electron chi connectivity index (χ1n) is 10.4. The van der Waals surface area contributed by atoms with E-state index in [4.69, 9.17) is 0 Å². The van der Waals surface area contributed by atoms with Crippen LogP contribution in [-0.4, -0.2) is 31.1 Å². The first-order chi connectivity index (χ1) is 14.9. The lowest BCUT2D eigenvalue weighted by molar-refractivity contribution is -0.0978. The zero-order chi connectivity index (χ0) is 22.0. The van der Waals surface area contributed by atoms with Crippen LogP contribution in [0.3, 0.4) is 0 Å². The van der Waals surface area contributed by atoms with Gasteiger partial charge in [0.2, 0.25) is 5.95 Å². The Morgan fingerprint density at radius 3 is 2.65 bits per heavy atom. The molecule has 31 heavy (non-hydrogen) atoms. The summed E-state index contributed by atoms with van der Waals surface area (Å²) in [5.74, 6) is 0.749. The molecular formula is C24H26N6O. The highest BCUT2D eigenvalue weighted by Gasteiger charge is 2.47. The van der Waals surface area contributed by atoms with Crippen LogP contribution in [0.1, 0.15) is 42.7 Å². The number of aliphatic hydroxyl groups excluding tert-OH is 1. The summed E-state index contributed by atoms with van der Waals surface area (Å²) in [7, 11) is 0. The van der Waals surface area contributed by atoms with Gasteiger partial charge in [0.15, 0.2) is 0 Å². The lowest BCUT2D eigenvalue weighted by Gasteiger charge is -2.49. The standard InChI is InChI=1S/C24H26N6O/c1-15-4-6-16(7-5-15)22-18(11-26-14-29-22)13-28-23-27-12-17(10-25)20(30-23)8-19-9-21(31)24(19,2)3/h4-7,11-12,14,19,21,31H,8-9,13H2,1-3H3,(H,27,28,30)/t19-,21-/m1/s1. The van der Waals surface area contributed by atoms with Crippen LogP contribution >= 0.6 is 0 Å². The number of aromatic nitrogens is 4. The molecule has 0 unspecified atom stereocenters. The van der Waals surface area contributed by atoms with E-state index in [1.807, 2.05) is 12.1 Å². The molecule has 1 aromatic carbocycles. The average molecular weight is 415 g/mol. The molecule has 158 valence electrons. The number of rotatable bonds is 6. The summed E-state index contributed by atoms with van der Waals surface area (Å²) in [4.78, 5) is 17.6. The lowest BCUT2D eigenvalue weighted by atomic mass is 9.58. The van der Waals surface area contributed by atoms with Crippen LogP contribution < -0.4 is 5.32 Å². The van der Waals surface area contributed by atoms with Gasteiger partial charge in [0.25, 0.3) is 0 Å². The van der Waals surface area contributed by atoms with Crippen molar-refractivity contribution in [2.24, 2.45) is 11.3 Å². The Morgan fingerprint density at radius 2 is 1.97 bits per heavy atom. The minimum Gasteiger partial charge on any atom is -0.393 e. The summed E-state index contributed by atoms with van der Waals surface area (Å²) in [6.45, 7) is 6.63. The van der Waals surface area contributed by atoms with Crippen molar-refractivity contribution in [3.63, 3.8) is 0 Å². The number of nitrogens with one attached hydrogen (secondary N) is 1. The molecule has 3 aromatic rings. The van der Waals surface area contributed by atoms with Crippen LogP contribution in [0, 0.1) is 29.6 Å². The van der Waals surface area contributed by atoms with Gasteiger partial charge in [0.05, 0.1) is 29.3 Å². The molecule has 0 aliphatic heterocycles. The van der Waals surface area contributed by atoms with E-state index in [-0.39, 0.29) is 17.4 Å². The van der Waals surface area contributed by atoms with E-state index in [9.17, 15) is 10.4 Å². The number of aliphatic hydroxyl groups is 1. The fourth-order valence-electron chi connectivity index (χ4n) is 3.95. The van der Waals surface area contributed by atoms with E-state index in [1.54, 1.807) is 18.7 Å². The third kappa shape index (κ3) is 4.25. The van der Waals surface area contributed by atoms with Crippen LogP contribution in [-0.2, 0) is 13.0 Å². The highest BCUT2D eigenvalue weighted by atomic mass is 16.3. The van der Waals surface area contributed by atoms with E-state index in [0.29, 0.717) is 30.2 Å². The van der Waals surface area contributed by atoms with Crippen molar-refractivity contribution >= 4 is 5.95 Å². The molecule has 1 aliphatic carbocycles. The number of benzene rings is 1. The third-order valence-electron chi connectivity index (χ3n) is 6.40. The maximum atomic E-state index is 10.0. The minimum atomic E-state index is -0.305. The fourth-order valence-corrected chi connectivity index (χ4v) is 3.95. The van der Waals surface area contributed by atoms with Crippen molar-refractivity contribution < 1.29 is 5.11 Å². The molecule has 4 rings (SSSR count). The van der Waals surface area contributed by atoms with E-state index in [1.165, 1.54) is 5.56 Å². The summed E-state index contributed by atoms with van der Waals surface area (Å²) in [6.07, 6.45) is 5.97. The predicted molar refractivity (Wildman–Crippen MR) is 118 cm³/mol. The molecule has 1 saturated carbocycles. The number of hydrogen-bond donors (Lipinski definition) is 2. The zero-order valence-corrected chi connectivity index (χ0v) is 18.0. The molecule has 2 N–H and O–H groups in total. The van der Waals surface area contributed by atoms with Gasteiger partial charge in [-0.3, -0.25) is 0 Å². The highest BCUT2D eigenvalue weighted by molar-refractivity contribution is 5.63. The van der Waals surface area contributed by atoms with Crippen LogP contribution in [0.15, 0.2) is 43.0 Å². The van der Waals surface area contributed by atoms with Crippen molar-refractivity contribution in [2.75, 3.05) is 5.32 Å². The molecule has 1 aliphatic rings. The van der Waals surface area contributed by atoms with Crippen LogP contribution in [0.25, 0.3) is 11.3 Å². The van der Waals surface area contributed by atoms with Crippen molar-refractivity contribution in [1.29, 1.82) is 5.26 Å². The van der Waals surface area contributed by atoms with E-state index < -0.39 is 0 Å². The van der Waals surface area contributed by atoms with E-state index >= 15 is 0 Å². The molecule has 7 heteroatoms. The zero-order valence-electron chi connectivity index (χ0n) is 18.0. The summed E-state index contributed by atoms with van der Waals surface area (Å²) in [6, 6.07) is 10.4. The first kappa shape index (κ1) is 20.9. The average Bonchev–Trinajstić information content (AvgIpc) is 2.78. The van der Waals surface area contributed by atoms with Crippen LogP contribution in [0.4, 0.5) is 5.95 Å². The summed E-state index contributed by atoms with van der Waals surface area (Å²) in [5, 5.41) is 22.7. The summed E-state index contributed by atoms with van der Waals surface area (Å²) in [5.41, 5.74) is 5.04. The Balaban J connectivity index is 1.52. The first-order valence-corrected chi connectivity index (χ1v) is 10.4. The number of anilines is 1. The van der Waals surface area contributed by atoms with Gasteiger partial charge in [-0.05, 0) is 31.1 Å². The van der Waals surface area contributed by atoms with Gasteiger partial charge in [-0.25, -0.2) is 19.9 Å². The smallest absolute Gasteiger partial charge is 0.223 e. The molecule has 0 saturated heterocycles. The number of nitriles is 1. The molecule has 0 radical (unpaired) electrons. The molecule has 0 bridgehead atoms. The molecular weight excluding hydrogens is 388 g/mol. The predicted octanol–water partition coefficient (Wildman–Crippen LogP) is 3.68. The van der Waals surface area contributed by atoms with Crippen LogP contribution in [0.2, 0.25) is 0 Å². The van der Waals surface area contributed by atoms with E-state index in [2.05, 4.69) is 64.2 Å². The van der Waals surface area contributed by atoms with Gasteiger partial charge in [0, 0.05) is 23.9 Å². The topological polar surface area (TPSA) is 108 Å². The lowest BCUT2D eigenvalue weighted by Crippen LogP contribution is -2.50. The number of nitrogens with zero attached hydrogens (tertiary/aromatic N) is 5. The van der Waals surface area contributed by atoms with Crippen molar-refractivity contribution in [3.8, 4) is 17.3 Å². The summed E-state index contributed by atoms with van der Waals surface area (Å²) >= 11 is 0. The quantitative estimate of drug-likeness (QED) is 0.633. The van der Waals surface area contributed by atoms with Gasteiger partial charge >= 0.3 is 0 Å². The molecule has 0 amide bonds. The van der Waals surface area contributed by atoms with Crippen molar-refractivity contribution in [2.45, 2.75) is 46.3 Å². The van der Waals surface area contributed by atoms with Gasteiger partial charge in [-0.15, -0.1) is 0 Å². The minimum absolute atomic E-state index is 0.171. The molecule has 0 spiro atoms. The SMILES string of the molecule is Cc1ccc(-c2ncncc2CNc2ncc(C#N)c(C[C@@H]3C[C@@H](O)C3(C)C)n2)cc1. The molecule has 7 nitrogen and oxygen atoms in total. The normalized spacial score (nSPS) is 19.3. The molecule has 2 aromatic heterocycles. The Labute approximate surface area is 182 Å². The van der Waals surface area contributed by atoms with E-state index in [0.717, 1.165) is 23.2 Å². The van der Waals surface area contributed by atoms with Gasteiger partial charge in [-0.2, -0.15) is 5.26 Å². The summed E-state index contributed by atoms with van der Waals surface area (Å²) < 4.78 is 0. The third-order valence-corrected chi connectivity index (χ3v) is 6.40. The highest BCUT2D eigenvalue weighted by Crippen LogP contribution is 2.47. The maximum Gasteiger partial charge on any atom is 0.223 e. The largest absolute Gasteiger partial charge is 0.393 e. The monoisotopic (exact) mass is 414 g/mol. The second-order valence-corrected chi connectivity index (χ2v) is 8.76. The Morgan fingerprint density at radius 1 is 1.19 bits per heavy atom. The van der Waals surface area contributed by atoms with Gasteiger partial charge in [-0.1, -0.05) is 43.7 Å². The van der Waals surface area contributed by atoms with Crippen molar-refractivity contribution in [3.05, 3.63) is 65.4 Å². The fraction of sp³-hybridized carbons (Fsp3) is 0.375. The number of aryl methyl sites for hydroxylation is 1.